The molecule has 1 aliphatic rings. The zero-order chi connectivity index (χ0) is 24.1. The second-order valence-electron chi connectivity index (χ2n) is 8.07. The molecule has 0 aliphatic carbocycles. The van der Waals surface area contributed by atoms with Gasteiger partial charge in [-0.3, -0.25) is 4.72 Å². The van der Waals surface area contributed by atoms with Crippen molar-refractivity contribution in [1.82, 2.24) is 9.97 Å². The first-order valence-corrected chi connectivity index (χ1v) is 12.8. The maximum atomic E-state index is 12.8. The molecular formula is C26H25N5O3S. The molecule has 3 aromatic carbocycles. The van der Waals surface area contributed by atoms with E-state index in [0.29, 0.717) is 23.1 Å². The van der Waals surface area contributed by atoms with Crippen LogP contribution in [0.25, 0.3) is 0 Å². The summed E-state index contributed by atoms with van der Waals surface area (Å²) in [5.74, 6) is 1.82. The van der Waals surface area contributed by atoms with Crippen molar-refractivity contribution in [2.45, 2.75) is 4.90 Å². The van der Waals surface area contributed by atoms with Crippen LogP contribution in [0, 0.1) is 0 Å². The normalized spacial score (nSPS) is 13.9. The summed E-state index contributed by atoms with van der Waals surface area (Å²) >= 11 is 0. The number of piperazine rings is 1. The number of para-hydroxylation sites is 2. The fraction of sp³-hybridized carbons (Fsp3) is 0.154. The van der Waals surface area contributed by atoms with Crippen molar-refractivity contribution >= 4 is 27.3 Å². The third-order valence-electron chi connectivity index (χ3n) is 5.69. The van der Waals surface area contributed by atoms with E-state index in [4.69, 9.17) is 4.74 Å². The molecule has 0 unspecified atom stereocenters. The summed E-state index contributed by atoms with van der Waals surface area (Å²) in [5, 5.41) is 0. The first-order valence-electron chi connectivity index (χ1n) is 11.3. The van der Waals surface area contributed by atoms with E-state index in [1.165, 1.54) is 30.2 Å². The first kappa shape index (κ1) is 22.7. The van der Waals surface area contributed by atoms with Crippen molar-refractivity contribution in [3.63, 3.8) is 0 Å². The number of rotatable bonds is 7. The van der Waals surface area contributed by atoms with E-state index < -0.39 is 10.0 Å². The van der Waals surface area contributed by atoms with Gasteiger partial charge in [0.15, 0.2) is 0 Å². The van der Waals surface area contributed by atoms with Crippen molar-refractivity contribution in [2.75, 3.05) is 40.7 Å². The third-order valence-corrected chi connectivity index (χ3v) is 7.08. The number of hydrogen-bond donors (Lipinski definition) is 1. The third kappa shape index (κ3) is 5.52. The Kier molecular flexibility index (Phi) is 6.49. The van der Waals surface area contributed by atoms with Crippen molar-refractivity contribution in [1.29, 1.82) is 0 Å². The molecule has 35 heavy (non-hydrogen) atoms. The van der Waals surface area contributed by atoms with E-state index in [0.717, 1.165) is 26.2 Å². The lowest BCUT2D eigenvalue weighted by molar-refractivity contribution is 0.482. The van der Waals surface area contributed by atoms with Gasteiger partial charge in [0.25, 0.3) is 10.0 Å². The number of aromatic nitrogens is 2. The van der Waals surface area contributed by atoms with Crippen molar-refractivity contribution in [2.24, 2.45) is 0 Å². The molecule has 1 aromatic heterocycles. The highest BCUT2D eigenvalue weighted by atomic mass is 32.2. The minimum Gasteiger partial charge on any atom is -0.457 e. The molecule has 0 bridgehead atoms. The van der Waals surface area contributed by atoms with Gasteiger partial charge in [0.2, 0.25) is 5.95 Å². The summed E-state index contributed by atoms with van der Waals surface area (Å²) in [6, 6.07) is 25.9. The Bertz CT molecular complexity index is 1340. The average molecular weight is 488 g/mol. The Labute approximate surface area is 204 Å². The highest BCUT2D eigenvalue weighted by Gasteiger charge is 2.20. The Morgan fingerprint density at radius 3 is 1.86 bits per heavy atom. The molecule has 1 saturated heterocycles. The van der Waals surface area contributed by atoms with Gasteiger partial charge in [-0.2, -0.15) is 0 Å². The van der Waals surface area contributed by atoms with Crippen molar-refractivity contribution in [3.8, 4) is 11.5 Å². The number of ether oxygens (including phenoxy) is 1. The van der Waals surface area contributed by atoms with Crippen LogP contribution < -0.4 is 19.3 Å². The smallest absolute Gasteiger partial charge is 0.261 e. The van der Waals surface area contributed by atoms with Crippen LogP contribution in [-0.2, 0) is 10.0 Å². The number of sulfonamides is 1. The van der Waals surface area contributed by atoms with E-state index in [1.807, 2.05) is 48.5 Å². The molecule has 1 fully saturated rings. The van der Waals surface area contributed by atoms with Crippen LogP contribution >= 0.6 is 0 Å². The van der Waals surface area contributed by atoms with Crippen LogP contribution in [0.15, 0.2) is 102 Å². The molecule has 0 spiro atoms. The molecule has 1 aliphatic heterocycles. The van der Waals surface area contributed by atoms with Gasteiger partial charge in [-0.25, -0.2) is 18.4 Å². The highest BCUT2D eigenvalue weighted by Crippen LogP contribution is 2.24. The average Bonchev–Trinajstić information content (AvgIpc) is 2.90. The summed E-state index contributed by atoms with van der Waals surface area (Å²) in [6.07, 6.45) is 2.99. The maximum absolute atomic E-state index is 12.8. The predicted octanol–water partition coefficient (Wildman–Crippen LogP) is 4.40. The minimum absolute atomic E-state index is 0.124. The van der Waals surface area contributed by atoms with Gasteiger partial charge in [0, 0.05) is 31.9 Å². The summed E-state index contributed by atoms with van der Waals surface area (Å²) in [7, 11) is -3.78. The molecule has 0 atom stereocenters. The van der Waals surface area contributed by atoms with E-state index in [2.05, 4.69) is 36.6 Å². The van der Waals surface area contributed by atoms with Crippen molar-refractivity contribution < 1.29 is 13.2 Å². The summed E-state index contributed by atoms with van der Waals surface area (Å²) in [4.78, 5) is 13.3. The van der Waals surface area contributed by atoms with Crippen LogP contribution in [0.4, 0.5) is 17.3 Å². The lowest BCUT2D eigenvalue weighted by Crippen LogP contribution is -2.47. The number of anilines is 3. The zero-order valence-electron chi connectivity index (χ0n) is 19.0. The topological polar surface area (TPSA) is 87.7 Å². The van der Waals surface area contributed by atoms with Gasteiger partial charge >= 0.3 is 0 Å². The molecule has 1 N–H and O–H groups in total. The Morgan fingerprint density at radius 2 is 1.23 bits per heavy atom. The van der Waals surface area contributed by atoms with E-state index in [-0.39, 0.29) is 4.90 Å². The summed E-state index contributed by atoms with van der Waals surface area (Å²) in [5.41, 5.74) is 1.51. The summed E-state index contributed by atoms with van der Waals surface area (Å²) in [6.45, 7) is 3.31. The molecule has 0 amide bonds. The van der Waals surface area contributed by atoms with Crippen LogP contribution in [0.2, 0.25) is 0 Å². The Morgan fingerprint density at radius 1 is 0.686 bits per heavy atom. The Balaban J connectivity index is 1.19. The fourth-order valence-corrected chi connectivity index (χ4v) is 4.89. The minimum atomic E-state index is -3.78. The SMILES string of the molecule is O=S(=O)(Nc1cnc(N2CCN(c3ccccc3)CC2)nc1)c1ccc(Oc2ccccc2)cc1. The number of hydrogen-bond acceptors (Lipinski definition) is 7. The van der Waals surface area contributed by atoms with Gasteiger partial charge < -0.3 is 14.5 Å². The van der Waals surface area contributed by atoms with Crippen LogP contribution in [0.5, 0.6) is 11.5 Å². The Hall–Kier alpha value is -4.11. The zero-order valence-corrected chi connectivity index (χ0v) is 19.8. The van der Waals surface area contributed by atoms with Gasteiger partial charge in [0.1, 0.15) is 11.5 Å². The van der Waals surface area contributed by atoms with Gasteiger partial charge in [-0.05, 0) is 48.5 Å². The molecule has 0 radical (unpaired) electrons. The molecular weight excluding hydrogens is 462 g/mol. The lowest BCUT2D eigenvalue weighted by Gasteiger charge is -2.36. The number of nitrogens with one attached hydrogen (secondary N) is 1. The molecule has 8 nitrogen and oxygen atoms in total. The van der Waals surface area contributed by atoms with Crippen LogP contribution in [0.3, 0.4) is 0 Å². The molecule has 9 heteroatoms. The quantitative estimate of drug-likeness (QED) is 0.413. The van der Waals surface area contributed by atoms with Gasteiger partial charge in [0.05, 0.1) is 23.0 Å². The highest BCUT2D eigenvalue weighted by molar-refractivity contribution is 7.92. The molecule has 5 rings (SSSR count). The van der Waals surface area contributed by atoms with E-state index in [1.54, 1.807) is 12.1 Å². The van der Waals surface area contributed by atoms with Crippen LogP contribution in [0.1, 0.15) is 0 Å². The van der Waals surface area contributed by atoms with Crippen molar-refractivity contribution in [3.05, 3.63) is 97.3 Å². The predicted molar refractivity (Wildman–Crippen MR) is 137 cm³/mol. The van der Waals surface area contributed by atoms with Crippen LogP contribution in [-0.4, -0.2) is 44.6 Å². The molecule has 0 saturated carbocycles. The lowest BCUT2D eigenvalue weighted by atomic mass is 10.2. The molecule has 178 valence electrons. The standard InChI is InChI=1S/C26H25N5O3S/c32-35(33,25-13-11-24(12-14-25)34-23-9-5-2-6-10-23)29-21-19-27-26(28-20-21)31-17-15-30(16-18-31)22-7-3-1-4-8-22/h1-14,19-20,29H,15-18H2. The monoisotopic (exact) mass is 487 g/mol. The number of benzene rings is 3. The van der Waals surface area contributed by atoms with Gasteiger partial charge in [-0.15, -0.1) is 0 Å². The van der Waals surface area contributed by atoms with E-state index >= 15 is 0 Å². The second-order valence-corrected chi connectivity index (χ2v) is 9.76. The second kappa shape index (κ2) is 10.0. The molecule has 2 heterocycles. The maximum Gasteiger partial charge on any atom is 0.261 e. The largest absolute Gasteiger partial charge is 0.457 e. The van der Waals surface area contributed by atoms with E-state index in [9.17, 15) is 8.42 Å². The fourth-order valence-electron chi connectivity index (χ4n) is 3.87. The number of nitrogens with zero attached hydrogens (tertiary/aromatic N) is 4. The first-order chi connectivity index (χ1) is 17.1. The van der Waals surface area contributed by atoms with Gasteiger partial charge in [-0.1, -0.05) is 36.4 Å². The summed E-state index contributed by atoms with van der Waals surface area (Å²) < 4.78 is 33.9. The molecule has 4 aromatic rings.